The van der Waals surface area contributed by atoms with Crippen LogP contribution in [0, 0.1) is 0 Å². The summed E-state index contributed by atoms with van der Waals surface area (Å²) < 4.78 is 38.4. The molecule has 0 radical (unpaired) electrons. The summed E-state index contributed by atoms with van der Waals surface area (Å²) >= 11 is 0. The average molecular weight is 343 g/mol. The third-order valence-electron chi connectivity index (χ3n) is 3.61. The van der Waals surface area contributed by atoms with Crippen molar-refractivity contribution in [2.45, 2.75) is 38.0 Å². The van der Waals surface area contributed by atoms with Crippen LogP contribution in [0.1, 0.15) is 31.4 Å². The Balaban J connectivity index is 2.09. The first-order valence-electron chi connectivity index (χ1n) is 7.09. The Bertz CT molecular complexity index is 686. The Hall–Kier alpha value is -2.58. The molecule has 9 heteroatoms. The van der Waals surface area contributed by atoms with Crippen molar-refractivity contribution in [2.24, 2.45) is 0 Å². The molecule has 0 bridgehead atoms. The van der Waals surface area contributed by atoms with Crippen molar-refractivity contribution < 1.29 is 27.6 Å². The minimum atomic E-state index is -4.48. The van der Waals surface area contributed by atoms with Gasteiger partial charge in [-0.25, -0.2) is 4.79 Å². The fraction of sp³-hybridized carbons (Fsp3) is 0.400. The van der Waals surface area contributed by atoms with Gasteiger partial charge in [0.15, 0.2) is 0 Å². The molecule has 1 aromatic carbocycles. The van der Waals surface area contributed by atoms with Gasteiger partial charge in [-0.05, 0) is 31.5 Å². The van der Waals surface area contributed by atoms with Crippen LogP contribution in [0.4, 0.5) is 18.0 Å². The van der Waals surface area contributed by atoms with E-state index < -0.39 is 41.2 Å². The van der Waals surface area contributed by atoms with Gasteiger partial charge in [0.05, 0.1) is 17.5 Å². The Labute approximate surface area is 135 Å². The van der Waals surface area contributed by atoms with Crippen molar-refractivity contribution in [3.63, 3.8) is 0 Å². The number of urea groups is 1. The molecule has 1 heterocycles. The fourth-order valence-electron chi connectivity index (χ4n) is 2.34. The highest BCUT2D eigenvalue weighted by atomic mass is 19.4. The largest absolute Gasteiger partial charge is 0.416 e. The maximum Gasteiger partial charge on any atom is 0.416 e. The van der Waals surface area contributed by atoms with Gasteiger partial charge in [0.25, 0.3) is 5.91 Å². The van der Waals surface area contributed by atoms with Gasteiger partial charge in [0.2, 0.25) is 5.91 Å². The third-order valence-corrected chi connectivity index (χ3v) is 3.61. The zero-order valence-corrected chi connectivity index (χ0v) is 13.0. The van der Waals surface area contributed by atoms with Crippen LogP contribution < -0.4 is 16.0 Å². The lowest BCUT2D eigenvalue weighted by molar-refractivity contribution is -0.137. The smallest absolute Gasteiger partial charge is 0.347 e. The Morgan fingerprint density at radius 3 is 2.38 bits per heavy atom. The van der Waals surface area contributed by atoms with Gasteiger partial charge in [0.1, 0.15) is 6.04 Å². The van der Waals surface area contributed by atoms with E-state index in [4.69, 9.17) is 0 Å². The molecule has 0 aliphatic carbocycles. The summed E-state index contributed by atoms with van der Waals surface area (Å²) in [7, 11) is 0. The molecule has 1 fully saturated rings. The van der Waals surface area contributed by atoms with Crippen molar-refractivity contribution in [3.8, 4) is 0 Å². The summed E-state index contributed by atoms with van der Waals surface area (Å²) in [6.07, 6.45) is -4.79. The van der Waals surface area contributed by atoms with Crippen molar-refractivity contribution in [2.75, 3.05) is 0 Å². The number of hydrogen-bond donors (Lipinski definition) is 3. The summed E-state index contributed by atoms with van der Waals surface area (Å²) in [5.41, 5.74) is -1.63. The summed E-state index contributed by atoms with van der Waals surface area (Å²) in [6.45, 7) is 3.10. The van der Waals surface area contributed by atoms with Gasteiger partial charge >= 0.3 is 12.2 Å². The van der Waals surface area contributed by atoms with Crippen molar-refractivity contribution in [1.82, 2.24) is 16.0 Å². The number of hydrogen-bond acceptors (Lipinski definition) is 3. The molecule has 6 nitrogen and oxygen atoms in total. The molecule has 0 saturated carbocycles. The van der Waals surface area contributed by atoms with E-state index in [1.165, 1.54) is 12.1 Å². The lowest BCUT2D eigenvalue weighted by Gasteiger charge is -2.28. The van der Waals surface area contributed by atoms with E-state index in [2.05, 4.69) is 10.6 Å². The number of carbonyl (C=O) groups is 3. The number of alkyl halides is 3. The summed E-state index contributed by atoms with van der Waals surface area (Å²) in [5.74, 6) is -1.19. The number of imide groups is 1. The van der Waals surface area contributed by atoms with Crippen LogP contribution >= 0.6 is 0 Å². The Kier molecular flexibility index (Phi) is 4.54. The molecule has 4 amide bonds. The first kappa shape index (κ1) is 17.8. The number of benzene rings is 1. The van der Waals surface area contributed by atoms with Crippen LogP contribution in [0.2, 0.25) is 0 Å². The van der Waals surface area contributed by atoms with E-state index in [0.29, 0.717) is 0 Å². The zero-order valence-electron chi connectivity index (χ0n) is 13.0. The molecule has 1 aromatic rings. The lowest BCUT2D eigenvalue weighted by atomic mass is 9.92. The maximum absolute atomic E-state index is 12.8. The van der Waals surface area contributed by atoms with Crippen LogP contribution in [0.3, 0.4) is 0 Å². The minimum Gasteiger partial charge on any atom is -0.347 e. The molecule has 0 spiro atoms. The molecule has 1 atom stereocenters. The molecular formula is C15H16F3N3O3. The van der Waals surface area contributed by atoms with E-state index in [0.717, 1.165) is 12.1 Å². The number of amides is 4. The van der Waals surface area contributed by atoms with Gasteiger partial charge in [0, 0.05) is 0 Å². The van der Waals surface area contributed by atoms with Crippen molar-refractivity contribution in [1.29, 1.82) is 0 Å². The SMILES string of the molecule is CC(C)(NC(=O)C[C@H]1NC(=O)NC1=O)c1cccc(C(F)(F)F)c1. The molecular weight excluding hydrogens is 327 g/mol. The van der Waals surface area contributed by atoms with Crippen LogP contribution in [0.25, 0.3) is 0 Å². The maximum atomic E-state index is 12.8. The van der Waals surface area contributed by atoms with E-state index >= 15 is 0 Å². The molecule has 0 unspecified atom stereocenters. The molecule has 1 saturated heterocycles. The van der Waals surface area contributed by atoms with Crippen LogP contribution in [-0.2, 0) is 21.3 Å². The van der Waals surface area contributed by atoms with Gasteiger partial charge < -0.3 is 10.6 Å². The second kappa shape index (κ2) is 6.14. The molecule has 3 N–H and O–H groups in total. The summed E-state index contributed by atoms with van der Waals surface area (Å²) in [6, 6.07) is 2.96. The number of halogens is 3. The third kappa shape index (κ3) is 4.03. The van der Waals surface area contributed by atoms with Crippen molar-refractivity contribution in [3.05, 3.63) is 35.4 Å². The highest BCUT2D eigenvalue weighted by Crippen LogP contribution is 2.32. The average Bonchev–Trinajstić information content (AvgIpc) is 2.75. The number of nitrogens with one attached hydrogen (secondary N) is 3. The monoisotopic (exact) mass is 343 g/mol. The lowest BCUT2D eigenvalue weighted by Crippen LogP contribution is -2.44. The summed E-state index contributed by atoms with van der Waals surface area (Å²) in [5, 5.41) is 6.85. The number of carbonyl (C=O) groups excluding carboxylic acids is 3. The van der Waals surface area contributed by atoms with E-state index in [-0.39, 0.29) is 12.0 Å². The molecule has 130 valence electrons. The summed E-state index contributed by atoms with van der Waals surface area (Å²) in [4.78, 5) is 34.5. The van der Waals surface area contributed by atoms with Gasteiger partial charge in [-0.1, -0.05) is 12.1 Å². The second-order valence-electron chi connectivity index (χ2n) is 5.97. The topological polar surface area (TPSA) is 87.3 Å². The Morgan fingerprint density at radius 1 is 1.21 bits per heavy atom. The zero-order chi connectivity index (χ0) is 18.1. The number of rotatable bonds is 4. The Morgan fingerprint density at radius 2 is 1.83 bits per heavy atom. The first-order valence-corrected chi connectivity index (χ1v) is 7.09. The highest BCUT2D eigenvalue weighted by Gasteiger charge is 2.34. The van der Waals surface area contributed by atoms with Crippen LogP contribution in [0.5, 0.6) is 0 Å². The van der Waals surface area contributed by atoms with Crippen LogP contribution in [-0.4, -0.2) is 23.9 Å². The highest BCUT2D eigenvalue weighted by molar-refractivity contribution is 6.05. The minimum absolute atomic E-state index is 0.269. The second-order valence-corrected chi connectivity index (χ2v) is 5.97. The molecule has 2 rings (SSSR count). The molecule has 1 aliphatic rings. The van der Waals surface area contributed by atoms with Gasteiger partial charge in [-0.3, -0.25) is 14.9 Å². The first-order chi connectivity index (χ1) is 11.0. The van der Waals surface area contributed by atoms with Gasteiger partial charge in [-0.15, -0.1) is 0 Å². The molecule has 0 aromatic heterocycles. The predicted octanol–water partition coefficient (Wildman–Crippen LogP) is 1.65. The fourth-order valence-corrected chi connectivity index (χ4v) is 2.34. The standard InChI is InChI=1S/C15H16F3N3O3/c1-14(2,8-4-3-5-9(6-8)15(16,17)18)21-11(22)7-10-12(23)20-13(24)19-10/h3-6,10H,7H2,1-2H3,(H,21,22)(H2,19,20,23,24)/t10-/m1/s1. The van der Waals surface area contributed by atoms with Crippen LogP contribution in [0.15, 0.2) is 24.3 Å². The van der Waals surface area contributed by atoms with Crippen molar-refractivity contribution >= 4 is 17.8 Å². The normalized spacial score (nSPS) is 18.1. The predicted molar refractivity (Wildman–Crippen MR) is 77.7 cm³/mol. The van der Waals surface area contributed by atoms with E-state index in [1.54, 1.807) is 13.8 Å². The molecule has 24 heavy (non-hydrogen) atoms. The van der Waals surface area contributed by atoms with E-state index in [1.807, 2.05) is 5.32 Å². The van der Waals surface area contributed by atoms with Gasteiger partial charge in [-0.2, -0.15) is 13.2 Å². The molecule has 1 aliphatic heterocycles. The van der Waals surface area contributed by atoms with E-state index in [9.17, 15) is 27.6 Å². The quantitative estimate of drug-likeness (QED) is 0.727.